The van der Waals surface area contributed by atoms with Gasteiger partial charge in [0.25, 0.3) is 5.91 Å². The summed E-state index contributed by atoms with van der Waals surface area (Å²) in [4.78, 5) is 24.9. The van der Waals surface area contributed by atoms with Crippen LogP contribution in [0.2, 0.25) is 0 Å². The fourth-order valence-electron chi connectivity index (χ4n) is 3.03. The molecule has 1 N–H and O–H groups in total. The first-order valence-electron chi connectivity index (χ1n) is 8.44. The Morgan fingerprint density at radius 1 is 1.12 bits per heavy atom. The van der Waals surface area contributed by atoms with Gasteiger partial charge in [-0.05, 0) is 31.0 Å². The molecule has 0 spiro atoms. The molecule has 0 aliphatic heterocycles. The minimum atomic E-state index is -1.36. The summed E-state index contributed by atoms with van der Waals surface area (Å²) in [5.41, 5.74) is 0.0238. The number of hydrogen-bond donors (Lipinski definition) is 1. The van der Waals surface area contributed by atoms with Gasteiger partial charge in [0.15, 0.2) is 0 Å². The third kappa shape index (κ3) is 4.26. The topological polar surface area (TPSA) is 68.5 Å². The van der Waals surface area contributed by atoms with Crippen LogP contribution in [0.4, 0.5) is 4.39 Å². The fourth-order valence-corrected chi connectivity index (χ4v) is 3.03. The van der Waals surface area contributed by atoms with Crippen LogP contribution in [0, 0.1) is 5.82 Å². The molecule has 5 nitrogen and oxygen atoms in total. The second-order valence-corrected chi connectivity index (χ2v) is 6.13. The van der Waals surface area contributed by atoms with E-state index in [1.807, 2.05) is 0 Å². The second kappa shape index (κ2) is 7.96. The molecule has 1 heterocycles. The molecule has 1 atom stereocenters. The SMILES string of the molecule is O=C(O[C@H](C(=O)NC1CCCCC1)c1ccccc1F)c1ccco1. The second-order valence-electron chi connectivity index (χ2n) is 6.13. The van der Waals surface area contributed by atoms with Gasteiger partial charge in [-0.1, -0.05) is 37.5 Å². The Hall–Kier alpha value is -2.63. The van der Waals surface area contributed by atoms with Gasteiger partial charge in [-0.25, -0.2) is 9.18 Å². The lowest BCUT2D eigenvalue weighted by atomic mass is 9.95. The van der Waals surface area contributed by atoms with Crippen molar-refractivity contribution in [1.82, 2.24) is 5.32 Å². The summed E-state index contributed by atoms with van der Waals surface area (Å²) in [5.74, 6) is -1.96. The summed E-state index contributed by atoms with van der Waals surface area (Å²) < 4.78 is 24.4. The minimum Gasteiger partial charge on any atom is -0.457 e. The highest BCUT2D eigenvalue weighted by Crippen LogP contribution is 2.24. The van der Waals surface area contributed by atoms with Gasteiger partial charge < -0.3 is 14.5 Å². The maximum absolute atomic E-state index is 14.2. The smallest absolute Gasteiger partial charge is 0.375 e. The van der Waals surface area contributed by atoms with Crippen molar-refractivity contribution in [3.05, 3.63) is 59.8 Å². The molecule has 1 fully saturated rings. The number of halogens is 1. The zero-order valence-corrected chi connectivity index (χ0v) is 13.7. The molecule has 25 heavy (non-hydrogen) atoms. The van der Waals surface area contributed by atoms with E-state index in [0.717, 1.165) is 32.1 Å². The Morgan fingerprint density at radius 2 is 1.88 bits per heavy atom. The number of carbonyl (C=O) groups excluding carboxylic acids is 2. The molecule has 1 saturated carbocycles. The molecule has 1 aromatic heterocycles. The zero-order valence-electron chi connectivity index (χ0n) is 13.7. The Labute approximate surface area is 145 Å². The van der Waals surface area contributed by atoms with Crippen LogP contribution in [-0.4, -0.2) is 17.9 Å². The Kier molecular flexibility index (Phi) is 5.48. The van der Waals surface area contributed by atoms with Crippen molar-refractivity contribution >= 4 is 11.9 Å². The number of amides is 1. The largest absolute Gasteiger partial charge is 0.457 e. The lowest BCUT2D eigenvalue weighted by Gasteiger charge is -2.25. The van der Waals surface area contributed by atoms with Gasteiger partial charge >= 0.3 is 5.97 Å². The molecule has 0 unspecified atom stereocenters. The molecule has 1 amide bonds. The molecular weight excluding hydrogens is 325 g/mol. The van der Waals surface area contributed by atoms with Crippen molar-refractivity contribution in [1.29, 1.82) is 0 Å². The van der Waals surface area contributed by atoms with Gasteiger partial charge in [0, 0.05) is 11.6 Å². The summed E-state index contributed by atoms with van der Waals surface area (Å²) in [7, 11) is 0. The number of benzene rings is 1. The van der Waals surface area contributed by atoms with Crippen molar-refractivity contribution in [2.45, 2.75) is 44.2 Å². The highest BCUT2D eigenvalue weighted by Gasteiger charge is 2.30. The predicted octanol–water partition coefficient (Wildman–Crippen LogP) is 3.77. The quantitative estimate of drug-likeness (QED) is 0.838. The van der Waals surface area contributed by atoms with E-state index in [9.17, 15) is 14.0 Å². The molecule has 2 aromatic rings. The van der Waals surface area contributed by atoms with Gasteiger partial charge in [-0.2, -0.15) is 0 Å². The van der Waals surface area contributed by atoms with Crippen LogP contribution in [0.3, 0.4) is 0 Å². The van der Waals surface area contributed by atoms with E-state index in [1.54, 1.807) is 6.07 Å². The number of rotatable bonds is 5. The fraction of sp³-hybridized carbons (Fsp3) is 0.368. The van der Waals surface area contributed by atoms with Gasteiger partial charge in [-0.15, -0.1) is 0 Å². The number of hydrogen-bond acceptors (Lipinski definition) is 4. The maximum atomic E-state index is 14.2. The average molecular weight is 345 g/mol. The molecular formula is C19H20FNO4. The molecule has 132 valence electrons. The summed E-state index contributed by atoms with van der Waals surface area (Å²) >= 11 is 0. The summed E-state index contributed by atoms with van der Waals surface area (Å²) in [6.07, 6.45) is 4.96. The van der Waals surface area contributed by atoms with Crippen molar-refractivity contribution in [2.75, 3.05) is 0 Å². The van der Waals surface area contributed by atoms with Crippen LogP contribution < -0.4 is 5.32 Å². The predicted molar refractivity (Wildman–Crippen MR) is 88.3 cm³/mol. The summed E-state index contributed by atoms with van der Waals surface area (Å²) in [5, 5.41) is 2.88. The molecule has 0 saturated heterocycles. The third-order valence-corrected chi connectivity index (χ3v) is 4.32. The van der Waals surface area contributed by atoms with Crippen LogP contribution in [0.25, 0.3) is 0 Å². The van der Waals surface area contributed by atoms with Crippen LogP contribution in [0.1, 0.15) is 54.3 Å². The summed E-state index contributed by atoms with van der Waals surface area (Å²) in [6, 6.07) is 8.78. The van der Waals surface area contributed by atoms with Gasteiger partial charge in [-0.3, -0.25) is 4.79 Å². The number of ether oxygens (including phenoxy) is 1. The molecule has 0 radical (unpaired) electrons. The van der Waals surface area contributed by atoms with Gasteiger partial charge in [0.1, 0.15) is 5.82 Å². The van der Waals surface area contributed by atoms with E-state index < -0.39 is 23.8 Å². The lowest BCUT2D eigenvalue weighted by molar-refractivity contribution is -0.131. The molecule has 0 bridgehead atoms. The first-order valence-corrected chi connectivity index (χ1v) is 8.44. The first kappa shape index (κ1) is 17.2. The minimum absolute atomic E-state index is 0.0238. The number of carbonyl (C=O) groups is 2. The molecule has 3 rings (SSSR count). The Bertz CT molecular complexity index is 723. The molecule has 1 aliphatic carbocycles. The van der Waals surface area contributed by atoms with Crippen LogP contribution >= 0.6 is 0 Å². The highest BCUT2D eigenvalue weighted by atomic mass is 19.1. The monoisotopic (exact) mass is 345 g/mol. The normalized spacial score (nSPS) is 16.2. The van der Waals surface area contributed by atoms with E-state index in [0.29, 0.717) is 0 Å². The van der Waals surface area contributed by atoms with E-state index in [2.05, 4.69) is 5.32 Å². The number of esters is 1. The van der Waals surface area contributed by atoms with Crippen molar-refractivity contribution in [3.8, 4) is 0 Å². The standard InChI is InChI=1S/C19H20FNO4/c20-15-10-5-4-9-14(15)17(25-19(23)16-11-6-12-24-16)18(22)21-13-7-2-1-3-8-13/h4-6,9-13,17H,1-3,7-8H2,(H,21,22)/t17-/m0/s1. The van der Waals surface area contributed by atoms with E-state index >= 15 is 0 Å². The van der Waals surface area contributed by atoms with Crippen molar-refractivity contribution < 1.29 is 23.1 Å². The van der Waals surface area contributed by atoms with Gasteiger partial charge in [0.05, 0.1) is 6.26 Å². The van der Waals surface area contributed by atoms with E-state index in [4.69, 9.17) is 9.15 Å². The van der Waals surface area contributed by atoms with Crippen molar-refractivity contribution in [3.63, 3.8) is 0 Å². The molecule has 1 aromatic carbocycles. The Morgan fingerprint density at radius 3 is 2.56 bits per heavy atom. The summed E-state index contributed by atoms with van der Waals surface area (Å²) in [6.45, 7) is 0. The molecule has 6 heteroatoms. The average Bonchev–Trinajstić information content (AvgIpc) is 3.16. The first-order chi connectivity index (χ1) is 12.1. The lowest BCUT2D eigenvalue weighted by Crippen LogP contribution is -2.40. The third-order valence-electron chi connectivity index (χ3n) is 4.32. The number of furan rings is 1. The zero-order chi connectivity index (χ0) is 17.6. The number of nitrogens with one attached hydrogen (secondary N) is 1. The van der Waals surface area contributed by atoms with E-state index in [1.165, 1.54) is 36.6 Å². The van der Waals surface area contributed by atoms with Crippen LogP contribution in [-0.2, 0) is 9.53 Å². The van der Waals surface area contributed by atoms with E-state index in [-0.39, 0.29) is 17.4 Å². The van der Waals surface area contributed by atoms with Crippen molar-refractivity contribution in [2.24, 2.45) is 0 Å². The maximum Gasteiger partial charge on any atom is 0.375 e. The van der Waals surface area contributed by atoms with Gasteiger partial charge in [0.2, 0.25) is 11.9 Å². The van der Waals surface area contributed by atoms with Crippen LogP contribution in [0.5, 0.6) is 0 Å². The Balaban J connectivity index is 1.79. The highest BCUT2D eigenvalue weighted by molar-refractivity contribution is 5.90. The van der Waals surface area contributed by atoms with Crippen LogP contribution in [0.15, 0.2) is 47.1 Å². The molecule has 1 aliphatic rings.